The normalized spacial score (nSPS) is 15.6. The number of amides is 4. The molecular formula is C27H38N4O6. The molecule has 2 N–H and O–H groups in total. The van der Waals surface area contributed by atoms with Crippen LogP contribution in [0.25, 0.3) is 0 Å². The fraction of sp³-hybridized carbons (Fsp3) is 0.481. The topological polar surface area (TPSA) is 117 Å². The van der Waals surface area contributed by atoms with Crippen molar-refractivity contribution in [2.24, 2.45) is 5.92 Å². The first-order valence-corrected chi connectivity index (χ1v) is 12.3. The minimum absolute atomic E-state index is 0.00875. The van der Waals surface area contributed by atoms with E-state index in [0.29, 0.717) is 18.5 Å². The van der Waals surface area contributed by atoms with Crippen LogP contribution < -0.4 is 10.7 Å². The van der Waals surface area contributed by atoms with Crippen LogP contribution in [-0.2, 0) is 14.3 Å². The number of ether oxygens (including phenoxy) is 2. The fourth-order valence-corrected chi connectivity index (χ4v) is 3.61. The third kappa shape index (κ3) is 9.63. The van der Waals surface area contributed by atoms with Gasteiger partial charge >= 0.3 is 12.2 Å². The zero-order valence-electron chi connectivity index (χ0n) is 22.2. The van der Waals surface area contributed by atoms with Crippen molar-refractivity contribution in [1.82, 2.24) is 20.7 Å². The molecule has 0 radical (unpaired) electrons. The molecule has 1 aliphatic rings. The van der Waals surface area contributed by atoms with Crippen molar-refractivity contribution in [2.45, 2.75) is 58.7 Å². The van der Waals surface area contributed by atoms with Crippen molar-refractivity contribution in [3.63, 3.8) is 0 Å². The summed E-state index contributed by atoms with van der Waals surface area (Å²) in [5, 5.41) is 3.58. The standard InChI is InChI=1S/C27H38N4O6/c1-7-16-36-25(34)28-22(17-19(2)3)23(32)29-31(26(35)37-27(4,5)6)18-21-14-11-15-30(21)24(33)20-12-9-8-10-13-20/h7-14,19,21-22H,1,15-18H2,2-6H3,(H,28,34)(H,29,32)/t21?,22-/m0/s1. The fourth-order valence-electron chi connectivity index (χ4n) is 3.61. The number of benzene rings is 1. The Morgan fingerprint density at radius 3 is 2.46 bits per heavy atom. The van der Waals surface area contributed by atoms with Gasteiger partial charge in [0.25, 0.3) is 11.8 Å². The molecule has 4 amide bonds. The maximum Gasteiger partial charge on any atom is 0.429 e. The van der Waals surface area contributed by atoms with Crippen LogP contribution in [-0.4, -0.2) is 71.3 Å². The van der Waals surface area contributed by atoms with E-state index in [1.54, 1.807) is 56.0 Å². The molecule has 1 unspecified atom stereocenters. The Morgan fingerprint density at radius 1 is 1.19 bits per heavy atom. The third-order valence-electron chi connectivity index (χ3n) is 5.22. The van der Waals surface area contributed by atoms with Gasteiger partial charge in [0.1, 0.15) is 18.2 Å². The minimum Gasteiger partial charge on any atom is -0.445 e. The van der Waals surface area contributed by atoms with E-state index < -0.39 is 35.8 Å². The summed E-state index contributed by atoms with van der Waals surface area (Å²) in [6, 6.07) is 7.35. The van der Waals surface area contributed by atoms with Gasteiger partial charge in [0, 0.05) is 12.1 Å². The Morgan fingerprint density at radius 2 is 1.86 bits per heavy atom. The molecule has 0 aliphatic carbocycles. The van der Waals surface area contributed by atoms with Crippen LogP contribution in [0.2, 0.25) is 0 Å². The Kier molecular flexibility index (Phi) is 10.7. The molecule has 0 fully saturated rings. The summed E-state index contributed by atoms with van der Waals surface area (Å²) < 4.78 is 10.5. The van der Waals surface area contributed by atoms with Gasteiger partial charge < -0.3 is 19.7 Å². The lowest BCUT2D eigenvalue weighted by Crippen LogP contribution is -2.58. The first-order chi connectivity index (χ1) is 17.4. The molecule has 1 aliphatic heterocycles. The molecule has 10 nitrogen and oxygen atoms in total. The van der Waals surface area contributed by atoms with E-state index in [9.17, 15) is 19.2 Å². The van der Waals surface area contributed by atoms with Gasteiger partial charge in [-0.3, -0.25) is 15.0 Å². The average Bonchev–Trinajstić information content (AvgIpc) is 3.28. The Hall–Kier alpha value is -3.82. The van der Waals surface area contributed by atoms with E-state index >= 15 is 0 Å². The lowest BCUT2D eigenvalue weighted by molar-refractivity contribution is -0.128. The summed E-state index contributed by atoms with van der Waals surface area (Å²) in [4.78, 5) is 53.1. The third-order valence-corrected chi connectivity index (χ3v) is 5.22. The van der Waals surface area contributed by atoms with Crippen LogP contribution >= 0.6 is 0 Å². The van der Waals surface area contributed by atoms with Gasteiger partial charge in [0.15, 0.2) is 0 Å². The predicted octanol–water partition coefficient (Wildman–Crippen LogP) is 3.66. The summed E-state index contributed by atoms with van der Waals surface area (Å²) in [6.07, 6.45) is 3.80. The second kappa shape index (κ2) is 13.5. The SMILES string of the molecule is C=CCOC(=O)N[C@@H](CC(C)C)C(=O)NN(CC1C=CCN1C(=O)c1ccccc1)C(=O)OC(C)(C)C. The van der Waals surface area contributed by atoms with E-state index in [1.165, 1.54) is 6.08 Å². The van der Waals surface area contributed by atoms with Gasteiger partial charge in [-0.2, -0.15) is 0 Å². The Balaban J connectivity index is 2.23. The van der Waals surface area contributed by atoms with E-state index in [0.717, 1.165) is 5.01 Å². The second-order valence-electron chi connectivity index (χ2n) is 10.1. The van der Waals surface area contributed by atoms with Crippen LogP contribution in [0.3, 0.4) is 0 Å². The van der Waals surface area contributed by atoms with Crippen LogP contribution in [0.5, 0.6) is 0 Å². The molecule has 2 rings (SSSR count). The van der Waals surface area contributed by atoms with Crippen molar-refractivity contribution < 1.29 is 28.7 Å². The number of nitrogens with zero attached hydrogens (tertiary/aromatic N) is 2. The number of hydrogen-bond donors (Lipinski definition) is 2. The quantitative estimate of drug-likeness (QED) is 0.384. The van der Waals surface area contributed by atoms with Crippen molar-refractivity contribution in [2.75, 3.05) is 19.7 Å². The van der Waals surface area contributed by atoms with E-state index in [-0.39, 0.29) is 25.0 Å². The molecule has 0 aromatic heterocycles. The second-order valence-corrected chi connectivity index (χ2v) is 10.1. The molecule has 2 atom stereocenters. The summed E-state index contributed by atoms with van der Waals surface area (Å²) in [6.45, 7) is 12.7. The van der Waals surface area contributed by atoms with Crippen molar-refractivity contribution in [3.05, 3.63) is 60.7 Å². The molecule has 0 spiro atoms. The van der Waals surface area contributed by atoms with E-state index in [2.05, 4.69) is 17.3 Å². The largest absolute Gasteiger partial charge is 0.445 e. The minimum atomic E-state index is -0.969. The molecule has 1 aromatic rings. The predicted molar refractivity (Wildman–Crippen MR) is 139 cm³/mol. The Bertz CT molecular complexity index is 986. The van der Waals surface area contributed by atoms with E-state index in [4.69, 9.17) is 9.47 Å². The number of hydrazine groups is 1. The number of carbonyl (C=O) groups excluding carboxylic acids is 4. The zero-order chi connectivity index (χ0) is 27.6. The highest BCUT2D eigenvalue weighted by molar-refractivity contribution is 5.95. The monoisotopic (exact) mass is 514 g/mol. The smallest absolute Gasteiger partial charge is 0.429 e. The average molecular weight is 515 g/mol. The number of hydrogen-bond acceptors (Lipinski definition) is 6. The van der Waals surface area contributed by atoms with Crippen LogP contribution in [0.4, 0.5) is 9.59 Å². The van der Waals surface area contributed by atoms with Gasteiger partial charge in [-0.15, -0.1) is 0 Å². The van der Waals surface area contributed by atoms with E-state index in [1.807, 2.05) is 26.0 Å². The summed E-state index contributed by atoms with van der Waals surface area (Å²) >= 11 is 0. The first-order valence-electron chi connectivity index (χ1n) is 12.3. The molecule has 1 aromatic carbocycles. The maximum atomic E-state index is 13.2. The molecule has 0 saturated carbocycles. The number of alkyl carbamates (subject to hydrolysis) is 1. The molecule has 10 heteroatoms. The van der Waals surface area contributed by atoms with Crippen LogP contribution in [0, 0.1) is 5.92 Å². The Labute approximate surface area is 218 Å². The van der Waals surface area contributed by atoms with Gasteiger partial charge in [0.05, 0.1) is 12.6 Å². The van der Waals surface area contributed by atoms with Crippen LogP contribution in [0.15, 0.2) is 55.1 Å². The van der Waals surface area contributed by atoms with Crippen molar-refractivity contribution in [1.29, 1.82) is 0 Å². The highest BCUT2D eigenvalue weighted by Crippen LogP contribution is 2.17. The molecule has 1 heterocycles. The van der Waals surface area contributed by atoms with Crippen molar-refractivity contribution >= 4 is 24.0 Å². The van der Waals surface area contributed by atoms with Gasteiger partial charge in [-0.25, -0.2) is 14.6 Å². The van der Waals surface area contributed by atoms with Gasteiger partial charge in [-0.05, 0) is 45.2 Å². The highest BCUT2D eigenvalue weighted by Gasteiger charge is 2.33. The number of rotatable bonds is 9. The summed E-state index contributed by atoms with van der Waals surface area (Å²) in [5.74, 6) is -0.754. The van der Waals surface area contributed by atoms with Gasteiger partial charge in [0.2, 0.25) is 0 Å². The zero-order valence-corrected chi connectivity index (χ0v) is 22.2. The lowest BCUT2D eigenvalue weighted by Gasteiger charge is -2.33. The maximum absolute atomic E-state index is 13.2. The van der Waals surface area contributed by atoms with Crippen molar-refractivity contribution in [3.8, 4) is 0 Å². The molecule has 202 valence electrons. The molecular weight excluding hydrogens is 476 g/mol. The molecule has 0 saturated heterocycles. The molecule has 37 heavy (non-hydrogen) atoms. The number of carbonyl (C=O) groups is 4. The highest BCUT2D eigenvalue weighted by atomic mass is 16.6. The first kappa shape index (κ1) is 29.4. The molecule has 0 bridgehead atoms. The summed E-state index contributed by atoms with van der Waals surface area (Å²) in [5.41, 5.74) is 2.28. The number of nitrogens with one attached hydrogen (secondary N) is 2. The van der Waals surface area contributed by atoms with Gasteiger partial charge in [-0.1, -0.05) is 56.9 Å². The lowest BCUT2D eigenvalue weighted by atomic mass is 10.0. The summed E-state index contributed by atoms with van der Waals surface area (Å²) in [7, 11) is 0. The van der Waals surface area contributed by atoms with Crippen LogP contribution in [0.1, 0.15) is 51.4 Å².